The first kappa shape index (κ1) is 35.3. The Morgan fingerprint density at radius 1 is 0.519 bits per heavy atom. The van der Waals surface area contributed by atoms with Gasteiger partial charge in [-0.05, 0) is 0 Å². The van der Waals surface area contributed by atoms with E-state index in [0.29, 0.717) is 29.3 Å². The molecule has 0 N–H and O–H groups in total. The molecule has 6 aromatic rings. The van der Waals surface area contributed by atoms with E-state index in [0.717, 1.165) is 34.8 Å². The van der Waals surface area contributed by atoms with Crippen molar-refractivity contribution in [3.63, 3.8) is 0 Å². The number of benzene rings is 6. The zero-order chi connectivity index (χ0) is 37.4. The Bertz CT molecular complexity index is 2310. The van der Waals surface area contributed by atoms with Gasteiger partial charge in [0.1, 0.15) is 0 Å². The number of Topliss-reactive ketones (excluding diaryl/α,β-unsaturated/α-hetero) is 3. The maximum absolute atomic E-state index is 15.8. The number of hydrogen-bond acceptors (Lipinski definition) is 3. The second-order valence-electron chi connectivity index (χ2n) is 14.7. The summed E-state index contributed by atoms with van der Waals surface area (Å²) >= 11 is 0. The van der Waals surface area contributed by atoms with E-state index in [1.807, 2.05) is 84.9 Å². The molecule has 0 radical (unpaired) electrons. The van der Waals surface area contributed by atoms with Gasteiger partial charge in [-0.3, -0.25) is 0 Å². The summed E-state index contributed by atoms with van der Waals surface area (Å²) in [6.45, 7) is -0.258. The minimum absolute atomic E-state index is 0.187. The number of ketones is 3. The molecule has 1 saturated heterocycles. The Hall–Kier alpha value is -5.76. The Balaban J connectivity index is 1.48. The fourth-order valence-electron chi connectivity index (χ4n) is 9.80. The molecule has 0 unspecified atom stereocenters. The average molecular weight is 723 g/mol. The van der Waals surface area contributed by atoms with Gasteiger partial charge in [-0.1, -0.05) is 0 Å². The summed E-state index contributed by atoms with van der Waals surface area (Å²) in [6.07, 6.45) is 3.01. The quantitative estimate of drug-likeness (QED) is 0.116. The molecule has 1 heterocycles. The fraction of sp³-hybridized carbons (Fsp3) is 0.140. The van der Waals surface area contributed by atoms with E-state index in [2.05, 4.69) is 91.0 Å². The molecule has 3 nitrogen and oxygen atoms in total. The molecule has 4 heteroatoms. The Kier molecular flexibility index (Phi) is 9.08. The minimum atomic E-state index is -3.34. The summed E-state index contributed by atoms with van der Waals surface area (Å²) in [6, 6.07) is 59.9. The third kappa shape index (κ3) is 5.17. The van der Waals surface area contributed by atoms with Gasteiger partial charge in [0.25, 0.3) is 0 Å². The molecule has 8 rings (SSSR count). The molecule has 54 heavy (non-hydrogen) atoms. The molecule has 0 spiro atoms. The number of carbonyl (C=O) groups excluding carboxylic acids is 3. The van der Waals surface area contributed by atoms with Gasteiger partial charge < -0.3 is 0 Å². The normalized spacial score (nSPS) is 19.4. The van der Waals surface area contributed by atoms with E-state index in [4.69, 9.17) is 0 Å². The van der Waals surface area contributed by atoms with Gasteiger partial charge in [0, 0.05) is 0 Å². The predicted molar refractivity (Wildman–Crippen MR) is 224 cm³/mol. The molecular formula is C50H43O3P. The Morgan fingerprint density at radius 2 is 0.926 bits per heavy atom. The summed E-state index contributed by atoms with van der Waals surface area (Å²) in [5.41, 5.74) is 3.86. The van der Waals surface area contributed by atoms with Gasteiger partial charge >= 0.3 is 319 Å². The molecule has 0 aromatic heterocycles. The van der Waals surface area contributed by atoms with E-state index in [1.54, 1.807) is 6.92 Å². The van der Waals surface area contributed by atoms with E-state index in [1.165, 1.54) is 22.8 Å². The van der Waals surface area contributed by atoms with Crippen LogP contribution in [0.25, 0.3) is 5.57 Å². The van der Waals surface area contributed by atoms with Crippen molar-refractivity contribution in [3.8, 4) is 0 Å². The Morgan fingerprint density at radius 3 is 1.37 bits per heavy atom. The van der Waals surface area contributed by atoms with Crippen molar-refractivity contribution < 1.29 is 14.4 Å². The standard InChI is InChI=1S/C50H43O3P/c1-36(51)46(38-21-20-34-54(35-38,41-26-12-5-13-27-41,42-28-14-6-15-29-42)43-30-16-7-17-31-43)47(37(2)52)48-44-32-18-19-33-45(44)50(49(48)53,39-22-8-3-9-23-39)40-24-10-4-11-25-40/h3-19,22-33H,20-21,34-35H2,1-2H3/b46-38+,48-47-. The molecule has 1 fully saturated rings. The van der Waals surface area contributed by atoms with E-state index in [9.17, 15) is 9.59 Å². The zero-order valence-electron chi connectivity index (χ0n) is 30.7. The van der Waals surface area contributed by atoms with Crippen LogP contribution < -0.4 is 15.9 Å². The summed E-state index contributed by atoms with van der Waals surface area (Å²) in [5.74, 6) is -0.668. The van der Waals surface area contributed by atoms with Crippen LogP contribution in [0.2, 0.25) is 0 Å². The topological polar surface area (TPSA) is 51.2 Å². The first-order valence-electron chi connectivity index (χ1n) is 18.8. The van der Waals surface area contributed by atoms with Crippen LogP contribution in [-0.2, 0) is 19.8 Å². The predicted octanol–water partition coefficient (Wildman–Crippen LogP) is 9.16. The average Bonchev–Trinajstić information content (AvgIpc) is 3.49. The molecule has 0 amide bonds. The fourth-order valence-corrected chi connectivity index (χ4v) is 16.9. The monoisotopic (exact) mass is 722 g/mol. The van der Waals surface area contributed by atoms with Gasteiger partial charge in [0.2, 0.25) is 0 Å². The van der Waals surface area contributed by atoms with Crippen LogP contribution in [0, 0.1) is 0 Å². The van der Waals surface area contributed by atoms with Gasteiger partial charge in [0.05, 0.1) is 0 Å². The van der Waals surface area contributed by atoms with Gasteiger partial charge in [-0.2, -0.15) is 0 Å². The van der Waals surface area contributed by atoms with Crippen molar-refractivity contribution in [2.45, 2.75) is 32.1 Å². The molecule has 266 valence electrons. The summed E-state index contributed by atoms with van der Waals surface area (Å²) < 4.78 is 0. The Labute approximate surface area is 318 Å². The number of hydrogen-bond donors (Lipinski definition) is 0. The molecule has 1 aliphatic heterocycles. The summed E-state index contributed by atoms with van der Waals surface area (Å²) in [4.78, 5) is 44.6. The maximum atomic E-state index is 15.8. The molecule has 6 aromatic carbocycles. The van der Waals surface area contributed by atoms with Crippen molar-refractivity contribution in [1.82, 2.24) is 0 Å². The van der Waals surface area contributed by atoms with Gasteiger partial charge in [-0.25, -0.2) is 0 Å². The van der Waals surface area contributed by atoms with Crippen molar-refractivity contribution in [2.24, 2.45) is 0 Å². The third-order valence-electron chi connectivity index (χ3n) is 11.9. The number of carbonyl (C=O) groups is 3. The van der Waals surface area contributed by atoms with Crippen LogP contribution in [0.4, 0.5) is 0 Å². The third-order valence-corrected chi connectivity index (χ3v) is 19.0. The van der Waals surface area contributed by atoms with Crippen LogP contribution in [0.3, 0.4) is 0 Å². The molecule has 0 saturated carbocycles. The second kappa shape index (κ2) is 13.9. The molecular weight excluding hydrogens is 680 g/mol. The van der Waals surface area contributed by atoms with Crippen LogP contribution in [-0.4, -0.2) is 29.7 Å². The molecule has 0 atom stereocenters. The van der Waals surface area contributed by atoms with Gasteiger partial charge in [-0.15, -0.1) is 0 Å². The number of allylic oxidation sites excluding steroid dienone is 4. The SMILES string of the molecule is CC(=O)C(=C1/CCCP(c2ccccc2)(c2ccccc2)(c2ccccc2)C1)/C(C(C)=O)=C1\C(=O)C(c2ccccc2)(c2ccccc2)c2ccccc21. The zero-order valence-corrected chi connectivity index (χ0v) is 31.6. The molecule has 2 aliphatic rings. The molecule has 0 bridgehead atoms. The van der Waals surface area contributed by atoms with Crippen molar-refractivity contribution >= 4 is 45.4 Å². The van der Waals surface area contributed by atoms with Crippen LogP contribution in [0.15, 0.2) is 193 Å². The molecule has 1 aliphatic carbocycles. The number of rotatable bonds is 8. The van der Waals surface area contributed by atoms with E-state index >= 15 is 4.79 Å². The summed E-state index contributed by atoms with van der Waals surface area (Å²) in [7, 11) is 0. The van der Waals surface area contributed by atoms with Crippen LogP contribution in [0.5, 0.6) is 0 Å². The van der Waals surface area contributed by atoms with Crippen LogP contribution in [0.1, 0.15) is 48.9 Å². The number of fused-ring (bicyclic) bond motifs is 1. The van der Waals surface area contributed by atoms with E-state index in [-0.39, 0.29) is 22.9 Å². The first-order valence-corrected chi connectivity index (χ1v) is 21.4. The van der Waals surface area contributed by atoms with Crippen molar-refractivity contribution in [1.29, 1.82) is 0 Å². The van der Waals surface area contributed by atoms with Crippen LogP contribution >= 0.6 is 6.60 Å². The first-order chi connectivity index (χ1) is 26.3. The van der Waals surface area contributed by atoms with Crippen molar-refractivity contribution in [2.75, 3.05) is 12.3 Å². The second-order valence-corrected chi connectivity index (χ2v) is 20.0. The van der Waals surface area contributed by atoms with E-state index < -0.39 is 12.0 Å². The van der Waals surface area contributed by atoms with Gasteiger partial charge in [0.15, 0.2) is 0 Å². The van der Waals surface area contributed by atoms with Crippen molar-refractivity contribution in [3.05, 3.63) is 215 Å². The summed E-state index contributed by atoms with van der Waals surface area (Å²) in [5, 5.41) is 3.77.